The van der Waals surface area contributed by atoms with Gasteiger partial charge < -0.3 is 0 Å². The van der Waals surface area contributed by atoms with Crippen LogP contribution in [-0.2, 0) is 0 Å². The number of hydrogen-bond acceptors (Lipinski definition) is 3. The van der Waals surface area contributed by atoms with E-state index >= 15 is 0 Å². The topological polar surface area (TPSA) is 9.86 Å². The van der Waals surface area contributed by atoms with E-state index in [2.05, 4.69) is 101 Å². The lowest BCUT2D eigenvalue weighted by Gasteiger charge is -2.09. The molecule has 3 aromatic rings. The van der Waals surface area contributed by atoms with Gasteiger partial charge in [-0.25, -0.2) is 0 Å². The summed E-state index contributed by atoms with van der Waals surface area (Å²) in [4.78, 5) is 0. The number of benzene rings is 2. The molecular weight excluding hydrogens is 376 g/mol. The molecule has 0 unspecified atom stereocenters. The van der Waals surface area contributed by atoms with Crippen molar-refractivity contribution in [2.24, 2.45) is 0 Å². The van der Waals surface area contributed by atoms with Crippen molar-refractivity contribution in [2.75, 3.05) is 0 Å². The Morgan fingerprint density at radius 1 is 0.654 bits per heavy atom. The fraction of sp³-hybridized carbons (Fsp3) is 0.286. The maximum Gasteiger partial charge on any atom is 0.190 e. The lowest BCUT2D eigenvalue weighted by molar-refractivity contribution is 0.859. The Hall–Kier alpha value is -1.43. The Morgan fingerprint density at radius 3 is 1.23 bits per heavy atom. The number of nitrogens with zero attached hydrogens (tertiary/aromatic N) is 2. The van der Waals surface area contributed by atoms with Gasteiger partial charge in [0.2, 0.25) is 0 Å². The molecule has 0 saturated heterocycles. The fourth-order valence-electron chi connectivity index (χ4n) is 2.96. The van der Waals surface area contributed by atoms with E-state index in [1.807, 2.05) is 9.13 Å². The van der Waals surface area contributed by atoms with Gasteiger partial charge in [0, 0.05) is 11.4 Å². The summed E-state index contributed by atoms with van der Waals surface area (Å²) in [5.41, 5.74) is 4.60. The number of rotatable bonds is 4. The molecule has 0 aliphatic rings. The van der Waals surface area contributed by atoms with Crippen LogP contribution in [0.1, 0.15) is 50.7 Å². The highest BCUT2D eigenvalue weighted by Crippen LogP contribution is 2.29. The lowest BCUT2D eigenvalue weighted by Crippen LogP contribution is -1.99. The molecule has 0 atom stereocenters. The van der Waals surface area contributed by atoms with Gasteiger partial charge in [0.25, 0.3) is 0 Å². The average Bonchev–Trinajstić information content (AvgIpc) is 2.84. The highest BCUT2D eigenvalue weighted by Gasteiger charge is 2.16. The van der Waals surface area contributed by atoms with Crippen LogP contribution in [0.3, 0.4) is 0 Å². The van der Waals surface area contributed by atoms with Crippen LogP contribution < -0.4 is 0 Å². The van der Waals surface area contributed by atoms with Gasteiger partial charge in [-0.05, 0) is 59.4 Å². The Kier molecular flexibility index (Phi) is 5.70. The van der Waals surface area contributed by atoms with Gasteiger partial charge in [0.05, 0.1) is 0 Å². The Balaban J connectivity index is 2.10. The van der Waals surface area contributed by atoms with Crippen molar-refractivity contribution >= 4 is 37.5 Å². The Bertz CT molecular complexity index is 884. The maximum atomic E-state index is 5.76. The van der Waals surface area contributed by atoms with Gasteiger partial charge in [0.1, 0.15) is 10.1 Å². The van der Waals surface area contributed by atoms with Gasteiger partial charge >= 0.3 is 0 Å². The number of hydrogen-bond donors (Lipinski definition) is 2. The van der Waals surface area contributed by atoms with Crippen molar-refractivity contribution in [3.05, 3.63) is 64.4 Å². The molecule has 1 heterocycles. The van der Waals surface area contributed by atoms with Crippen LogP contribution in [0.25, 0.3) is 11.4 Å². The van der Waals surface area contributed by atoms with Crippen LogP contribution in [0.2, 0.25) is 0 Å². The van der Waals surface area contributed by atoms with Gasteiger partial charge in [-0.15, -0.1) is 25.3 Å². The first-order chi connectivity index (χ1) is 12.3. The fourth-order valence-corrected chi connectivity index (χ4v) is 4.11. The summed E-state index contributed by atoms with van der Waals surface area (Å²) < 4.78 is 4.58. The summed E-state index contributed by atoms with van der Waals surface area (Å²) in [7, 11) is 0. The van der Waals surface area contributed by atoms with Crippen molar-refractivity contribution < 1.29 is 0 Å². The molecule has 0 aliphatic heterocycles. The van der Waals surface area contributed by atoms with Gasteiger partial charge in [-0.1, -0.05) is 52.0 Å². The van der Waals surface area contributed by atoms with E-state index < -0.39 is 0 Å². The summed E-state index contributed by atoms with van der Waals surface area (Å²) in [5.74, 6) is 0.994. The van der Waals surface area contributed by atoms with E-state index in [0.29, 0.717) is 16.6 Å². The number of imidazole rings is 1. The molecular formula is C21H24N2S3. The zero-order valence-electron chi connectivity index (χ0n) is 15.5. The van der Waals surface area contributed by atoms with Crippen molar-refractivity contribution in [1.82, 2.24) is 9.13 Å². The van der Waals surface area contributed by atoms with Crippen molar-refractivity contribution in [3.8, 4) is 11.4 Å². The van der Waals surface area contributed by atoms with E-state index in [1.165, 1.54) is 11.1 Å². The van der Waals surface area contributed by atoms with Gasteiger partial charge in [-0.3, -0.25) is 9.13 Å². The van der Waals surface area contributed by atoms with Crippen LogP contribution in [0.4, 0.5) is 0 Å². The van der Waals surface area contributed by atoms with Crippen LogP contribution in [0, 0.1) is 4.77 Å². The minimum Gasteiger partial charge on any atom is -0.279 e. The molecule has 26 heavy (non-hydrogen) atoms. The summed E-state index contributed by atoms with van der Waals surface area (Å²) >= 11 is 15.1. The van der Waals surface area contributed by atoms with Gasteiger partial charge in [-0.2, -0.15) is 0 Å². The molecule has 0 fully saturated rings. The minimum absolute atomic E-state index is 0.497. The van der Waals surface area contributed by atoms with E-state index in [-0.39, 0.29) is 0 Å². The standard InChI is InChI=1S/C21H24N2S3/c1-13(2)15-5-9-17(10-6-15)22-19(24)20(25)23(21(22)26)18-11-7-16(8-12-18)14(3)4/h5-14,24-25H,1-4H3. The second kappa shape index (κ2) is 7.67. The molecule has 136 valence electrons. The quantitative estimate of drug-likeness (QED) is 0.361. The molecule has 3 rings (SSSR count). The molecule has 0 radical (unpaired) electrons. The van der Waals surface area contributed by atoms with Crippen LogP contribution in [-0.4, -0.2) is 9.13 Å². The molecule has 2 aromatic carbocycles. The SMILES string of the molecule is CC(C)c1ccc(-n2c(S)c(S)n(-c3ccc(C(C)C)cc3)c2=S)cc1. The second-order valence-corrected chi connectivity index (χ2v) is 8.31. The molecule has 0 saturated carbocycles. The normalized spacial score (nSPS) is 11.5. The number of aromatic nitrogens is 2. The molecule has 0 spiro atoms. The first kappa shape index (κ1) is 19.3. The molecule has 0 aliphatic carbocycles. The predicted octanol–water partition coefficient (Wildman–Crippen LogP) is 6.82. The third-order valence-electron chi connectivity index (χ3n) is 4.64. The summed E-state index contributed by atoms with van der Waals surface area (Å²) in [5, 5.41) is 1.48. The Morgan fingerprint density at radius 2 is 0.962 bits per heavy atom. The van der Waals surface area contributed by atoms with E-state index in [4.69, 9.17) is 12.2 Å². The third-order valence-corrected chi connectivity index (χ3v) is 6.01. The largest absolute Gasteiger partial charge is 0.279 e. The van der Waals surface area contributed by atoms with Crippen LogP contribution in [0.15, 0.2) is 58.6 Å². The van der Waals surface area contributed by atoms with Crippen molar-refractivity contribution in [2.45, 2.75) is 49.6 Å². The Labute approximate surface area is 171 Å². The first-order valence-corrected chi connectivity index (χ1v) is 10.1. The maximum absolute atomic E-state index is 5.76. The molecule has 0 N–H and O–H groups in total. The van der Waals surface area contributed by atoms with E-state index in [0.717, 1.165) is 21.4 Å². The zero-order chi connectivity index (χ0) is 19.0. The van der Waals surface area contributed by atoms with Crippen LogP contribution >= 0.6 is 37.5 Å². The monoisotopic (exact) mass is 400 g/mol. The van der Waals surface area contributed by atoms with Gasteiger partial charge in [0.15, 0.2) is 4.77 Å². The molecule has 0 bridgehead atoms. The average molecular weight is 401 g/mol. The summed E-state index contributed by atoms with van der Waals surface area (Å²) in [6.45, 7) is 8.75. The first-order valence-electron chi connectivity index (χ1n) is 8.77. The predicted molar refractivity (Wildman–Crippen MR) is 119 cm³/mol. The molecule has 2 nitrogen and oxygen atoms in total. The molecule has 5 heteroatoms. The lowest BCUT2D eigenvalue weighted by atomic mass is 10.0. The third kappa shape index (κ3) is 3.53. The smallest absolute Gasteiger partial charge is 0.190 e. The highest BCUT2D eigenvalue weighted by molar-refractivity contribution is 7.83. The molecule has 1 aromatic heterocycles. The van der Waals surface area contributed by atoms with E-state index in [1.54, 1.807) is 0 Å². The van der Waals surface area contributed by atoms with E-state index in [9.17, 15) is 0 Å². The molecule has 0 amide bonds. The van der Waals surface area contributed by atoms with Crippen molar-refractivity contribution in [1.29, 1.82) is 0 Å². The van der Waals surface area contributed by atoms with Crippen molar-refractivity contribution in [3.63, 3.8) is 0 Å². The zero-order valence-corrected chi connectivity index (χ0v) is 18.1. The van der Waals surface area contributed by atoms with Crippen LogP contribution in [0.5, 0.6) is 0 Å². The number of thiol groups is 2. The minimum atomic E-state index is 0.497. The second-order valence-electron chi connectivity index (χ2n) is 7.09. The summed E-state index contributed by atoms with van der Waals surface area (Å²) in [6, 6.07) is 16.9. The highest BCUT2D eigenvalue weighted by atomic mass is 32.1. The summed E-state index contributed by atoms with van der Waals surface area (Å²) in [6.07, 6.45) is 0.